The van der Waals surface area contributed by atoms with Crippen LogP contribution in [-0.2, 0) is 15.9 Å². The van der Waals surface area contributed by atoms with Gasteiger partial charge in [0.1, 0.15) is 21.6 Å². The number of nitrogens with two attached hydrogens (primary N) is 1. The third-order valence-corrected chi connectivity index (χ3v) is 6.05. The lowest BCUT2D eigenvalue weighted by Gasteiger charge is -2.35. The third-order valence-electron chi connectivity index (χ3n) is 5.15. The number of halogens is 2. The number of thiazole rings is 1. The molecule has 1 saturated heterocycles. The van der Waals surface area contributed by atoms with Gasteiger partial charge in [0.2, 0.25) is 0 Å². The molecule has 0 aliphatic carbocycles. The van der Waals surface area contributed by atoms with Crippen molar-refractivity contribution in [1.82, 2.24) is 15.2 Å². The maximum atomic E-state index is 14.1. The number of amides is 1. The zero-order valence-electron chi connectivity index (χ0n) is 16.7. The Labute approximate surface area is 180 Å². The Morgan fingerprint density at radius 2 is 2.16 bits per heavy atom. The second kappa shape index (κ2) is 8.69. The Morgan fingerprint density at radius 1 is 1.39 bits per heavy atom. The molecule has 1 aromatic carbocycles. The van der Waals surface area contributed by atoms with Crippen LogP contribution < -0.4 is 11.1 Å². The molecule has 164 valence electrons. The number of nitrogens with zero attached hydrogens (tertiary/aromatic N) is 2. The summed E-state index contributed by atoms with van der Waals surface area (Å²) in [5.41, 5.74) is 6.52. The Balaban J connectivity index is 1.55. The lowest BCUT2D eigenvalue weighted by atomic mass is 10.00. The van der Waals surface area contributed by atoms with E-state index in [1.165, 1.54) is 12.3 Å². The first-order valence-electron chi connectivity index (χ1n) is 9.66. The lowest BCUT2D eigenvalue weighted by Crippen LogP contribution is -2.40. The van der Waals surface area contributed by atoms with E-state index in [9.17, 15) is 13.6 Å². The molecule has 31 heavy (non-hydrogen) atoms. The van der Waals surface area contributed by atoms with E-state index < -0.39 is 23.3 Å². The van der Waals surface area contributed by atoms with Gasteiger partial charge in [-0.05, 0) is 25.0 Å². The predicted octanol–water partition coefficient (Wildman–Crippen LogP) is 3.73. The lowest BCUT2D eigenvalue weighted by molar-refractivity contribution is -0.241. The highest BCUT2D eigenvalue weighted by Crippen LogP contribution is 2.34. The number of aromatic nitrogens is 3. The minimum atomic E-state index is -0.792. The summed E-state index contributed by atoms with van der Waals surface area (Å²) >= 11 is 0.835. The number of H-pyrrole nitrogens is 1. The summed E-state index contributed by atoms with van der Waals surface area (Å²) in [5, 5.41) is 9.59. The molecule has 1 atom stereocenters. The average Bonchev–Trinajstić information content (AvgIpc) is 3.34. The molecular formula is C20H21F2N5O3S. The van der Waals surface area contributed by atoms with Crippen molar-refractivity contribution in [2.45, 2.75) is 31.5 Å². The quantitative estimate of drug-likeness (QED) is 0.528. The number of rotatable bonds is 6. The third kappa shape index (κ3) is 4.29. The fourth-order valence-electron chi connectivity index (χ4n) is 3.51. The number of carbonyl (C=O) groups is 1. The van der Waals surface area contributed by atoms with Gasteiger partial charge >= 0.3 is 0 Å². The fourth-order valence-corrected chi connectivity index (χ4v) is 4.39. The molecule has 8 nitrogen and oxygen atoms in total. The SMILES string of the molecule is COC1(Cc2[nH]ncc2NC(=O)c2nc(-c3c(F)cccc3F)sc2N)CCCCO1. The van der Waals surface area contributed by atoms with Gasteiger partial charge in [0.15, 0.2) is 11.5 Å². The minimum absolute atomic E-state index is 0.0143. The molecule has 1 fully saturated rings. The van der Waals surface area contributed by atoms with Crippen LogP contribution in [0.3, 0.4) is 0 Å². The standard InChI is InChI=1S/C20H21F2N5O3S/c1-29-20(7-2-3-8-30-20)9-13-14(10-24-27-13)25-18(28)16-17(23)31-19(26-16)15-11(21)5-4-6-12(15)22/h4-6,10H,2-3,7-9,23H2,1H3,(H,24,27)(H,25,28). The number of ether oxygens (including phenoxy) is 2. The Hall–Kier alpha value is -2.89. The van der Waals surface area contributed by atoms with Crippen LogP contribution in [0.5, 0.6) is 0 Å². The number of methoxy groups -OCH3 is 1. The van der Waals surface area contributed by atoms with Gasteiger partial charge < -0.3 is 20.5 Å². The summed E-state index contributed by atoms with van der Waals surface area (Å²) in [4.78, 5) is 16.9. The molecule has 11 heteroatoms. The normalized spacial score (nSPS) is 18.8. The van der Waals surface area contributed by atoms with Crippen LogP contribution in [-0.4, -0.2) is 40.6 Å². The van der Waals surface area contributed by atoms with Gasteiger partial charge in [-0.15, -0.1) is 0 Å². The molecule has 1 aliphatic rings. The summed E-state index contributed by atoms with van der Waals surface area (Å²) in [7, 11) is 1.58. The molecule has 1 unspecified atom stereocenters. The number of hydrogen-bond acceptors (Lipinski definition) is 7. The minimum Gasteiger partial charge on any atom is -0.389 e. The smallest absolute Gasteiger partial charge is 0.277 e. The Bertz CT molecular complexity index is 1070. The molecule has 4 rings (SSSR count). The van der Waals surface area contributed by atoms with Crippen LogP contribution in [0.15, 0.2) is 24.4 Å². The van der Waals surface area contributed by atoms with Crippen molar-refractivity contribution in [2.24, 2.45) is 0 Å². The Kier molecular flexibility index (Phi) is 5.99. The van der Waals surface area contributed by atoms with Crippen LogP contribution >= 0.6 is 11.3 Å². The van der Waals surface area contributed by atoms with E-state index in [2.05, 4.69) is 20.5 Å². The number of anilines is 2. The van der Waals surface area contributed by atoms with E-state index in [4.69, 9.17) is 15.2 Å². The molecule has 1 aliphatic heterocycles. The number of aromatic amines is 1. The topological polar surface area (TPSA) is 115 Å². The monoisotopic (exact) mass is 449 g/mol. The Morgan fingerprint density at radius 3 is 2.84 bits per heavy atom. The molecule has 3 heterocycles. The van der Waals surface area contributed by atoms with E-state index in [0.717, 1.165) is 36.3 Å². The molecule has 0 spiro atoms. The van der Waals surface area contributed by atoms with Crippen molar-refractivity contribution in [3.8, 4) is 10.6 Å². The van der Waals surface area contributed by atoms with Gasteiger partial charge in [-0.25, -0.2) is 13.8 Å². The van der Waals surface area contributed by atoms with Crippen LogP contribution in [0.25, 0.3) is 10.6 Å². The van der Waals surface area contributed by atoms with Crippen molar-refractivity contribution in [1.29, 1.82) is 0 Å². The van der Waals surface area contributed by atoms with Crippen LogP contribution in [0.4, 0.5) is 19.5 Å². The van der Waals surface area contributed by atoms with Crippen LogP contribution in [0.1, 0.15) is 35.4 Å². The number of nitrogens with one attached hydrogen (secondary N) is 2. The highest BCUT2D eigenvalue weighted by molar-refractivity contribution is 7.19. The van der Waals surface area contributed by atoms with E-state index in [1.54, 1.807) is 7.11 Å². The van der Waals surface area contributed by atoms with Crippen molar-refractivity contribution in [3.63, 3.8) is 0 Å². The molecule has 0 bridgehead atoms. The summed E-state index contributed by atoms with van der Waals surface area (Å²) in [5.74, 6) is -2.97. The van der Waals surface area contributed by atoms with E-state index in [0.29, 0.717) is 30.8 Å². The maximum Gasteiger partial charge on any atom is 0.277 e. The molecule has 3 aromatic rings. The highest BCUT2D eigenvalue weighted by atomic mass is 32.1. The largest absolute Gasteiger partial charge is 0.389 e. The molecular weight excluding hydrogens is 428 g/mol. The molecule has 0 radical (unpaired) electrons. The summed E-state index contributed by atoms with van der Waals surface area (Å²) in [6.45, 7) is 0.592. The molecule has 0 saturated carbocycles. The number of benzene rings is 1. The second-order valence-electron chi connectivity index (χ2n) is 7.14. The van der Waals surface area contributed by atoms with Crippen LogP contribution in [0, 0.1) is 11.6 Å². The average molecular weight is 449 g/mol. The number of carbonyl (C=O) groups excluding carboxylic acids is 1. The van der Waals surface area contributed by atoms with Gasteiger partial charge in [0.05, 0.1) is 29.7 Å². The maximum absolute atomic E-state index is 14.1. The first kappa shape index (κ1) is 21.3. The zero-order chi connectivity index (χ0) is 22.0. The highest BCUT2D eigenvalue weighted by Gasteiger charge is 2.35. The van der Waals surface area contributed by atoms with Gasteiger partial charge in [-0.1, -0.05) is 17.4 Å². The fraction of sp³-hybridized carbons (Fsp3) is 0.350. The zero-order valence-corrected chi connectivity index (χ0v) is 17.5. The van der Waals surface area contributed by atoms with E-state index in [-0.39, 0.29) is 21.3 Å². The molecule has 4 N–H and O–H groups in total. The van der Waals surface area contributed by atoms with Gasteiger partial charge in [0.25, 0.3) is 5.91 Å². The summed E-state index contributed by atoms with van der Waals surface area (Å²) < 4.78 is 39.6. The second-order valence-corrected chi connectivity index (χ2v) is 8.17. The number of hydrogen-bond donors (Lipinski definition) is 3. The van der Waals surface area contributed by atoms with Crippen molar-refractivity contribution < 1.29 is 23.0 Å². The molecule has 2 aromatic heterocycles. The van der Waals surface area contributed by atoms with E-state index in [1.807, 2.05) is 0 Å². The molecule has 1 amide bonds. The summed E-state index contributed by atoms with van der Waals surface area (Å²) in [6.07, 6.45) is 4.46. The summed E-state index contributed by atoms with van der Waals surface area (Å²) in [6, 6.07) is 3.49. The number of nitrogen functional groups attached to an aromatic ring is 1. The van der Waals surface area contributed by atoms with Crippen LogP contribution in [0.2, 0.25) is 0 Å². The first-order valence-corrected chi connectivity index (χ1v) is 10.5. The van der Waals surface area contributed by atoms with Crippen molar-refractivity contribution in [3.05, 3.63) is 47.4 Å². The predicted molar refractivity (Wildman–Crippen MR) is 112 cm³/mol. The first-order chi connectivity index (χ1) is 14.9. The van der Waals surface area contributed by atoms with Gasteiger partial charge in [-0.2, -0.15) is 5.10 Å². The van der Waals surface area contributed by atoms with Crippen molar-refractivity contribution in [2.75, 3.05) is 24.8 Å². The van der Waals surface area contributed by atoms with Crippen molar-refractivity contribution >= 4 is 27.9 Å². The van der Waals surface area contributed by atoms with Gasteiger partial charge in [0, 0.05) is 20.0 Å². The van der Waals surface area contributed by atoms with Gasteiger partial charge in [-0.3, -0.25) is 9.89 Å². The van der Waals surface area contributed by atoms with E-state index >= 15 is 0 Å².